The molecule has 0 saturated heterocycles. The monoisotopic (exact) mass is 575 g/mol. The van der Waals surface area contributed by atoms with Gasteiger partial charge in [-0.05, 0) is 68.9 Å². The highest BCUT2D eigenvalue weighted by atomic mass is 35.5. The lowest BCUT2D eigenvalue weighted by Gasteiger charge is -2.32. The second-order valence-electron chi connectivity index (χ2n) is 10.3. The Bertz CT molecular complexity index is 1470. The zero-order valence-electron chi connectivity index (χ0n) is 21.4. The first-order valence-electron chi connectivity index (χ1n) is 12.8. The van der Waals surface area contributed by atoms with E-state index in [4.69, 9.17) is 11.6 Å². The summed E-state index contributed by atoms with van der Waals surface area (Å²) in [5.74, 6) is -2.28. The molecule has 1 fully saturated rings. The summed E-state index contributed by atoms with van der Waals surface area (Å²) in [6.07, 6.45) is -0.728. The maximum Gasteiger partial charge on any atom is 0.416 e. The lowest BCUT2D eigenvalue weighted by atomic mass is 9.85. The number of nitrogens with zero attached hydrogens (tertiary/aromatic N) is 2. The van der Waals surface area contributed by atoms with Crippen LogP contribution in [0.4, 0.5) is 23.2 Å². The Morgan fingerprint density at radius 1 is 1.12 bits per heavy atom. The maximum atomic E-state index is 14.9. The third-order valence-corrected chi connectivity index (χ3v) is 7.95. The van der Waals surface area contributed by atoms with Crippen LogP contribution >= 0.6 is 11.6 Å². The summed E-state index contributed by atoms with van der Waals surface area (Å²) in [4.78, 5) is 31.9. The number of aliphatic hydroxyl groups is 1. The van der Waals surface area contributed by atoms with Crippen LogP contribution in [-0.2, 0) is 16.6 Å². The van der Waals surface area contributed by atoms with Gasteiger partial charge in [-0.3, -0.25) is 14.6 Å². The summed E-state index contributed by atoms with van der Waals surface area (Å²) >= 11 is 5.98. The quantitative estimate of drug-likeness (QED) is 0.378. The van der Waals surface area contributed by atoms with Crippen molar-refractivity contribution in [1.29, 1.82) is 0 Å². The van der Waals surface area contributed by atoms with Crippen LogP contribution in [-0.4, -0.2) is 34.5 Å². The lowest BCUT2D eigenvalue weighted by molar-refractivity contribution is -0.138. The van der Waals surface area contributed by atoms with E-state index in [-0.39, 0.29) is 30.0 Å². The van der Waals surface area contributed by atoms with Crippen LogP contribution in [0.15, 0.2) is 54.7 Å². The predicted octanol–water partition coefficient (Wildman–Crippen LogP) is 5.77. The van der Waals surface area contributed by atoms with E-state index in [9.17, 15) is 32.3 Å². The molecular formula is C29H26ClF4N3O3. The smallest absolute Gasteiger partial charge is 0.372 e. The van der Waals surface area contributed by atoms with E-state index in [0.29, 0.717) is 65.8 Å². The van der Waals surface area contributed by atoms with E-state index < -0.39 is 34.6 Å². The van der Waals surface area contributed by atoms with Crippen molar-refractivity contribution in [3.05, 3.63) is 93.5 Å². The normalized spacial score (nSPS) is 22.8. The molecule has 5 rings (SSSR count). The summed E-state index contributed by atoms with van der Waals surface area (Å²) < 4.78 is 55.1. The number of fused-ring (bicyclic) bond motifs is 1. The van der Waals surface area contributed by atoms with E-state index in [1.165, 1.54) is 23.2 Å². The van der Waals surface area contributed by atoms with Gasteiger partial charge >= 0.3 is 6.18 Å². The Balaban J connectivity index is 1.32. The third-order valence-electron chi connectivity index (χ3n) is 7.74. The van der Waals surface area contributed by atoms with E-state index in [0.717, 1.165) is 0 Å². The van der Waals surface area contributed by atoms with Crippen molar-refractivity contribution in [2.45, 2.75) is 50.4 Å². The molecule has 2 amide bonds. The molecule has 1 atom stereocenters. The van der Waals surface area contributed by atoms with Gasteiger partial charge in [0.2, 0.25) is 0 Å². The number of benzene rings is 2. The van der Waals surface area contributed by atoms with E-state index in [1.54, 1.807) is 25.1 Å². The van der Waals surface area contributed by atoms with Crippen LogP contribution in [0.1, 0.15) is 58.4 Å². The van der Waals surface area contributed by atoms with Crippen molar-refractivity contribution in [2.75, 3.05) is 11.4 Å². The molecule has 2 aliphatic rings. The van der Waals surface area contributed by atoms with Crippen molar-refractivity contribution < 1.29 is 32.3 Å². The van der Waals surface area contributed by atoms with Crippen LogP contribution in [0.2, 0.25) is 5.02 Å². The number of hydrogen-bond acceptors (Lipinski definition) is 4. The Morgan fingerprint density at radius 2 is 1.82 bits per heavy atom. The summed E-state index contributed by atoms with van der Waals surface area (Å²) in [5, 5.41) is 15.0. The molecule has 0 radical (unpaired) electrons. The van der Waals surface area contributed by atoms with Gasteiger partial charge in [0.15, 0.2) is 5.60 Å². The van der Waals surface area contributed by atoms with Gasteiger partial charge in [-0.15, -0.1) is 0 Å². The first-order valence-corrected chi connectivity index (χ1v) is 13.2. The number of halogens is 5. The number of pyridine rings is 1. The first-order chi connectivity index (χ1) is 18.9. The molecule has 0 bridgehead atoms. The fourth-order valence-corrected chi connectivity index (χ4v) is 5.76. The minimum atomic E-state index is -4.78. The molecule has 6 nitrogen and oxygen atoms in total. The van der Waals surface area contributed by atoms with Crippen molar-refractivity contribution in [2.24, 2.45) is 5.92 Å². The van der Waals surface area contributed by atoms with Crippen molar-refractivity contribution in [3.8, 4) is 0 Å². The second kappa shape index (κ2) is 10.5. The molecular weight excluding hydrogens is 550 g/mol. The highest BCUT2D eigenvalue weighted by molar-refractivity contribution is 6.30. The van der Waals surface area contributed by atoms with Crippen LogP contribution in [0, 0.1) is 18.7 Å². The molecule has 11 heteroatoms. The molecule has 40 heavy (non-hydrogen) atoms. The third kappa shape index (κ3) is 5.06. The first kappa shape index (κ1) is 28.0. The van der Waals surface area contributed by atoms with Crippen LogP contribution in [0.3, 0.4) is 0 Å². The molecule has 210 valence electrons. The number of rotatable bonds is 5. The maximum absolute atomic E-state index is 14.9. The van der Waals surface area contributed by atoms with E-state index in [1.807, 2.05) is 0 Å². The Kier molecular flexibility index (Phi) is 7.35. The number of alkyl halides is 3. The Morgan fingerprint density at radius 3 is 2.52 bits per heavy atom. The average Bonchev–Trinajstić information content (AvgIpc) is 3.13. The van der Waals surface area contributed by atoms with Crippen molar-refractivity contribution >= 4 is 29.1 Å². The topological polar surface area (TPSA) is 82.5 Å². The summed E-state index contributed by atoms with van der Waals surface area (Å²) in [6.45, 7) is 1.91. The largest absolute Gasteiger partial charge is 0.416 e. The lowest BCUT2D eigenvalue weighted by Crippen LogP contribution is -2.45. The second-order valence-corrected chi connectivity index (χ2v) is 10.7. The van der Waals surface area contributed by atoms with Crippen molar-refractivity contribution in [3.63, 3.8) is 0 Å². The standard InChI is InChI=1S/C29H26ClF4N3O3/c1-16-21(13-19(30)14-35-16)26(38)36-20-9-6-17(7-10-20)15-37-25-5-3-2-4-22(25)28(40,27(37)39)23-12-18(29(32,33)34)8-11-24(23)31/h2-5,8,11-14,17,20,40H,6-7,9-10,15H2,1H3,(H,36,38)/t17-,20-,28?. The number of aryl methyl sites for hydroxylation is 1. The minimum Gasteiger partial charge on any atom is -0.372 e. The molecule has 3 aromatic rings. The summed E-state index contributed by atoms with van der Waals surface area (Å²) in [5.41, 5.74) is -3.18. The number of amides is 2. The summed E-state index contributed by atoms with van der Waals surface area (Å²) in [7, 11) is 0. The van der Waals surface area contributed by atoms with Gasteiger partial charge in [-0.2, -0.15) is 13.2 Å². The van der Waals surface area contributed by atoms with Gasteiger partial charge in [0, 0.05) is 29.9 Å². The molecule has 0 spiro atoms. The predicted molar refractivity (Wildman–Crippen MR) is 140 cm³/mol. The fourth-order valence-electron chi connectivity index (χ4n) is 5.60. The zero-order chi connectivity index (χ0) is 28.8. The Hall–Kier alpha value is -3.50. The number of nitrogens with one attached hydrogen (secondary N) is 1. The molecule has 2 aromatic carbocycles. The SMILES string of the molecule is Cc1ncc(Cl)cc1C(=O)N[C@H]1CC[C@H](CN2C(=O)C(O)(c3cc(C(F)(F)F)ccc3F)c3ccccc32)CC1. The van der Waals surface area contributed by atoms with Crippen LogP contribution in [0.5, 0.6) is 0 Å². The van der Waals surface area contributed by atoms with Crippen molar-refractivity contribution in [1.82, 2.24) is 10.3 Å². The van der Waals surface area contributed by atoms with E-state index in [2.05, 4.69) is 10.3 Å². The molecule has 2 heterocycles. The number of anilines is 1. The molecule has 1 saturated carbocycles. The highest BCUT2D eigenvalue weighted by Gasteiger charge is 2.53. The number of carbonyl (C=O) groups excluding carboxylic acids is 2. The minimum absolute atomic E-state index is 0.00608. The van der Waals surface area contributed by atoms with Crippen LogP contribution in [0.25, 0.3) is 0 Å². The average molecular weight is 576 g/mol. The fraction of sp³-hybridized carbons (Fsp3) is 0.345. The molecule has 1 unspecified atom stereocenters. The van der Waals surface area contributed by atoms with Gasteiger partial charge in [-0.1, -0.05) is 29.8 Å². The number of carbonyl (C=O) groups is 2. The number of para-hydroxylation sites is 1. The summed E-state index contributed by atoms with van der Waals surface area (Å²) in [6, 6.07) is 9.35. The Labute approximate surface area is 233 Å². The molecule has 1 aliphatic heterocycles. The highest BCUT2D eigenvalue weighted by Crippen LogP contribution is 2.47. The zero-order valence-corrected chi connectivity index (χ0v) is 22.2. The van der Waals surface area contributed by atoms with Gasteiger partial charge in [0.05, 0.1) is 27.5 Å². The molecule has 1 aromatic heterocycles. The molecule has 1 aliphatic carbocycles. The van der Waals surface area contributed by atoms with E-state index >= 15 is 0 Å². The van der Waals surface area contributed by atoms with Gasteiger partial charge in [-0.25, -0.2) is 4.39 Å². The number of hydrogen-bond donors (Lipinski definition) is 2. The number of aromatic nitrogens is 1. The van der Waals surface area contributed by atoms with Crippen LogP contribution < -0.4 is 10.2 Å². The van der Waals surface area contributed by atoms with Gasteiger partial charge in [0.1, 0.15) is 5.82 Å². The van der Waals surface area contributed by atoms with Gasteiger partial charge < -0.3 is 15.3 Å². The van der Waals surface area contributed by atoms with Gasteiger partial charge in [0.25, 0.3) is 11.8 Å². The molecule has 2 N–H and O–H groups in total.